The number of hydrogen-bond acceptors (Lipinski definition) is 4. The standard InChI is InChI=1S/C21H30N2O3/c1-16(2)12-13-21(3,25)15-23-19(24)10-7-11-20-22-14-18(26-20)17-8-5-4-6-9-17/h4-6,8-9,14,16,25H,7,10-13,15H2,1-3H3,(H,23,24). The van der Waals surface area contributed by atoms with Crippen molar-refractivity contribution in [3.63, 3.8) is 0 Å². The highest BCUT2D eigenvalue weighted by molar-refractivity contribution is 5.75. The molecule has 0 aliphatic rings. The van der Waals surface area contributed by atoms with Crippen molar-refractivity contribution in [2.45, 2.75) is 58.5 Å². The van der Waals surface area contributed by atoms with Crippen molar-refractivity contribution >= 4 is 5.91 Å². The molecule has 2 aromatic rings. The molecule has 0 radical (unpaired) electrons. The summed E-state index contributed by atoms with van der Waals surface area (Å²) >= 11 is 0. The summed E-state index contributed by atoms with van der Waals surface area (Å²) in [5.41, 5.74) is 0.139. The average molecular weight is 358 g/mol. The molecule has 1 heterocycles. The van der Waals surface area contributed by atoms with Crippen LogP contribution in [0.2, 0.25) is 0 Å². The number of amides is 1. The quantitative estimate of drug-likeness (QED) is 0.674. The largest absolute Gasteiger partial charge is 0.441 e. The van der Waals surface area contributed by atoms with Gasteiger partial charge < -0.3 is 14.8 Å². The third-order valence-electron chi connectivity index (χ3n) is 4.33. The first-order valence-corrected chi connectivity index (χ1v) is 9.35. The van der Waals surface area contributed by atoms with E-state index in [2.05, 4.69) is 24.1 Å². The minimum absolute atomic E-state index is 0.0512. The minimum Gasteiger partial charge on any atom is -0.441 e. The Morgan fingerprint density at radius 1 is 1.31 bits per heavy atom. The molecule has 5 heteroatoms. The van der Waals surface area contributed by atoms with Crippen molar-refractivity contribution in [3.05, 3.63) is 42.4 Å². The number of aromatic nitrogens is 1. The van der Waals surface area contributed by atoms with Crippen LogP contribution in [0.3, 0.4) is 0 Å². The summed E-state index contributed by atoms with van der Waals surface area (Å²) in [5, 5.41) is 13.1. The lowest BCUT2D eigenvalue weighted by molar-refractivity contribution is -0.122. The molecule has 2 N–H and O–H groups in total. The molecule has 0 bridgehead atoms. The summed E-state index contributed by atoms with van der Waals surface area (Å²) in [6.07, 6.45) is 5.01. The molecular formula is C21H30N2O3. The van der Waals surface area contributed by atoms with Gasteiger partial charge in [0.05, 0.1) is 11.8 Å². The number of nitrogens with zero attached hydrogens (tertiary/aromatic N) is 1. The number of aryl methyl sites for hydroxylation is 1. The van der Waals surface area contributed by atoms with Gasteiger partial charge in [-0.2, -0.15) is 0 Å². The fourth-order valence-corrected chi connectivity index (χ4v) is 2.63. The lowest BCUT2D eigenvalue weighted by Gasteiger charge is -2.24. The first-order chi connectivity index (χ1) is 12.4. The molecule has 0 saturated heterocycles. The second kappa shape index (κ2) is 9.53. The number of hydrogen-bond donors (Lipinski definition) is 2. The second-order valence-corrected chi connectivity index (χ2v) is 7.54. The summed E-state index contributed by atoms with van der Waals surface area (Å²) in [5.74, 6) is 1.87. The average Bonchev–Trinajstić information content (AvgIpc) is 3.08. The van der Waals surface area contributed by atoms with Gasteiger partial charge in [-0.25, -0.2) is 4.98 Å². The van der Waals surface area contributed by atoms with E-state index in [9.17, 15) is 9.90 Å². The summed E-state index contributed by atoms with van der Waals surface area (Å²) < 4.78 is 5.74. The predicted octanol–water partition coefficient (Wildman–Crippen LogP) is 3.97. The molecule has 0 spiro atoms. The van der Waals surface area contributed by atoms with E-state index in [0.29, 0.717) is 37.5 Å². The Hall–Kier alpha value is -2.14. The van der Waals surface area contributed by atoms with Crippen molar-refractivity contribution in [2.75, 3.05) is 6.54 Å². The van der Waals surface area contributed by atoms with Crippen LogP contribution in [0.4, 0.5) is 0 Å². The monoisotopic (exact) mass is 358 g/mol. The second-order valence-electron chi connectivity index (χ2n) is 7.54. The number of oxazole rings is 1. The molecule has 5 nitrogen and oxygen atoms in total. The van der Waals surface area contributed by atoms with E-state index in [1.807, 2.05) is 30.3 Å². The summed E-state index contributed by atoms with van der Waals surface area (Å²) in [7, 11) is 0. The minimum atomic E-state index is -0.854. The normalized spacial score (nSPS) is 13.6. The Kier molecular flexibility index (Phi) is 7.39. The highest BCUT2D eigenvalue weighted by atomic mass is 16.4. The van der Waals surface area contributed by atoms with Gasteiger partial charge in [-0.1, -0.05) is 44.2 Å². The maximum atomic E-state index is 12.0. The molecule has 26 heavy (non-hydrogen) atoms. The van der Waals surface area contributed by atoms with Crippen LogP contribution in [0.5, 0.6) is 0 Å². The third kappa shape index (κ3) is 7.00. The van der Waals surface area contributed by atoms with E-state index >= 15 is 0 Å². The molecule has 1 aromatic carbocycles. The van der Waals surface area contributed by atoms with E-state index < -0.39 is 5.60 Å². The van der Waals surface area contributed by atoms with Crippen LogP contribution >= 0.6 is 0 Å². The highest BCUT2D eigenvalue weighted by Gasteiger charge is 2.21. The van der Waals surface area contributed by atoms with E-state index in [1.54, 1.807) is 13.1 Å². The molecule has 0 aliphatic heterocycles. The van der Waals surface area contributed by atoms with Gasteiger partial charge >= 0.3 is 0 Å². The predicted molar refractivity (Wildman–Crippen MR) is 103 cm³/mol. The van der Waals surface area contributed by atoms with Gasteiger partial charge in [0.15, 0.2) is 11.7 Å². The topological polar surface area (TPSA) is 75.4 Å². The Balaban J connectivity index is 1.69. The van der Waals surface area contributed by atoms with Gasteiger partial charge in [-0.15, -0.1) is 0 Å². The first-order valence-electron chi connectivity index (χ1n) is 9.35. The number of nitrogens with one attached hydrogen (secondary N) is 1. The zero-order valence-electron chi connectivity index (χ0n) is 16.0. The lowest BCUT2D eigenvalue weighted by Crippen LogP contribution is -2.40. The van der Waals surface area contributed by atoms with Crippen molar-refractivity contribution in [2.24, 2.45) is 5.92 Å². The van der Waals surface area contributed by atoms with Gasteiger partial charge in [0, 0.05) is 24.9 Å². The molecule has 1 amide bonds. The fourth-order valence-electron chi connectivity index (χ4n) is 2.63. The van der Waals surface area contributed by atoms with Gasteiger partial charge in [-0.3, -0.25) is 4.79 Å². The van der Waals surface area contributed by atoms with Crippen molar-refractivity contribution in [1.82, 2.24) is 10.3 Å². The molecule has 2 rings (SSSR count). The Bertz CT molecular complexity index is 678. The highest BCUT2D eigenvalue weighted by Crippen LogP contribution is 2.20. The Labute approximate surface area is 155 Å². The van der Waals surface area contributed by atoms with Crippen LogP contribution in [-0.2, 0) is 11.2 Å². The zero-order valence-corrected chi connectivity index (χ0v) is 16.0. The first kappa shape index (κ1) is 20.2. The molecule has 1 aromatic heterocycles. The van der Waals surface area contributed by atoms with Crippen LogP contribution < -0.4 is 5.32 Å². The van der Waals surface area contributed by atoms with Crippen LogP contribution in [0, 0.1) is 5.92 Å². The SMILES string of the molecule is CC(C)CCC(C)(O)CNC(=O)CCCc1ncc(-c2ccccc2)o1. The number of benzene rings is 1. The van der Waals surface area contributed by atoms with Crippen LogP contribution in [-0.4, -0.2) is 28.1 Å². The van der Waals surface area contributed by atoms with Gasteiger partial charge in [0.1, 0.15) is 0 Å². The maximum absolute atomic E-state index is 12.0. The molecule has 0 saturated carbocycles. The van der Waals surface area contributed by atoms with E-state index in [4.69, 9.17) is 4.42 Å². The van der Waals surface area contributed by atoms with Gasteiger partial charge in [0.2, 0.25) is 5.91 Å². The Morgan fingerprint density at radius 2 is 2.04 bits per heavy atom. The summed E-state index contributed by atoms with van der Waals surface area (Å²) in [6.45, 7) is 6.31. The zero-order chi connectivity index (χ0) is 19.0. The third-order valence-corrected chi connectivity index (χ3v) is 4.33. The van der Waals surface area contributed by atoms with Crippen molar-refractivity contribution in [3.8, 4) is 11.3 Å². The lowest BCUT2D eigenvalue weighted by atomic mass is 9.95. The van der Waals surface area contributed by atoms with Crippen LogP contribution in [0.1, 0.15) is 52.3 Å². The number of carbonyl (C=O) groups is 1. The van der Waals surface area contributed by atoms with E-state index in [-0.39, 0.29) is 12.5 Å². The Morgan fingerprint density at radius 3 is 2.73 bits per heavy atom. The molecular weight excluding hydrogens is 328 g/mol. The van der Waals surface area contributed by atoms with Gasteiger partial charge in [0.25, 0.3) is 0 Å². The van der Waals surface area contributed by atoms with Crippen LogP contribution in [0.25, 0.3) is 11.3 Å². The summed E-state index contributed by atoms with van der Waals surface area (Å²) in [6, 6.07) is 9.82. The van der Waals surface area contributed by atoms with Crippen molar-refractivity contribution < 1.29 is 14.3 Å². The number of carbonyl (C=O) groups excluding carboxylic acids is 1. The maximum Gasteiger partial charge on any atom is 0.220 e. The molecule has 1 atom stereocenters. The summed E-state index contributed by atoms with van der Waals surface area (Å²) in [4.78, 5) is 16.2. The van der Waals surface area contributed by atoms with Gasteiger partial charge in [-0.05, 0) is 32.1 Å². The fraction of sp³-hybridized carbons (Fsp3) is 0.524. The van der Waals surface area contributed by atoms with Crippen molar-refractivity contribution in [1.29, 1.82) is 0 Å². The smallest absolute Gasteiger partial charge is 0.220 e. The number of rotatable bonds is 10. The van der Waals surface area contributed by atoms with Crippen LogP contribution in [0.15, 0.2) is 40.9 Å². The van der Waals surface area contributed by atoms with E-state index in [1.165, 1.54) is 0 Å². The molecule has 0 aliphatic carbocycles. The molecule has 0 fully saturated rings. The number of aliphatic hydroxyl groups is 1. The molecule has 142 valence electrons. The van der Waals surface area contributed by atoms with E-state index in [0.717, 1.165) is 17.7 Å². The molecule has 1 unspecified atom stereocenters.